The lowest BCUT2D eigenvalue weighted by Gasteiger charge is -2.24. The van der Waals surface area contributed by atoms with Crippen molar-refractivity contribution in [1.82, 2.24) is 0 Å². The number of halogens is 7. The summed E-state index contributed by atoms with van der Waals surface area (Å²) < 4.78 is 113. The summed E-state index contributed by atoms with van der Waals surface area (Å²) >= 11 is 0. The highest BCUT2D eigenvalue weighted by Gasteiger charge is 2.62. The smallest absolute Gasteiger partial charge is 0.406 e. The molecule has 0 rings (SSSR count). The molecule has 0 spiro atoms. The minimum absolute atomic E-state index is 0.0418. The molecule has 0 aromatic rings. The van der Waals surface area contributed by atoms with Crippen LogP contribution in [0.2, 0.25) is 0 Å². The summed E-state index contributed by atoms with van der Waals surface area (Å²) in [4.78, 5) is 10.6. The van der Waals surface area contributed by atoms with Gasteiger partial charge in [0.2, 0.25) is 9.84 Å². The Balaban J connectivity index is 4.24. The van der Waals surface area contributed by atoms with E-state index < -0.39 is 65.5 Å². The fraction of sp³-hybridized carbons (Fsp3) is 0.900. The molecule has 0 aliphatic carbocycles. The largest absolute Gasteiger partial charge is 0.465 e. The zero-order valence-corrected chi connectivity index (χ0v) is 12.0. The third-order valence-electron chi connectivity index (χ3n) is 2.38. The van der Waals surface area contributed by atoms with Crippen LogP contribution in [0.25, 0.3) is 0 Å². The maximum Gasteiger partial charge on any atom is 0.406 e. The first-order valence-corrected chi connectivity index (χ1v) is 7.67. The number of alkyl halides is 7. The fourth-order valence-corrected chi connectivity index (χ4v) is 1.91. The highest BCUT2D eigenvalue weighted by atomic mass is 32.2. The van der Waals surface area contributed by atoms with Crippen LogP contribution in [0.15, 0.2) is 0 Å². The molecule has 0 atom stereocenters. The lowest BCUT2D eigenvalue weighted by atomic mass is 10.1. The molecule has 4 nitrogen and oxygen atoms in total. The van der Waals surface area contributed by atoms with E-state index in [1.54, 1.807) is 0 Å². The van der Waals surface area contributed by atoms with Gasteiger partial charge in [-0.3, -0.25) is 4.79 Å². The predicted molar refractivity (Wildman–Crippen MR) is 60.2 cm³/mol. The Morgan fingerprint density at radius 3 is 1.91 bits per heavy atom. The molecule has 0 radical (unpaired) electrons. The molecule has 0 fully saturated rings. The van der Waals surface area contributed by atoms with Crippen molar-refractivity contribution in [1.29, 1.82) is 0 Å². The fourth-order valence-electron chi connectivity index (χ4n) is 1.27. The van der Waals surface area contributed by atoms with Gasteiger partial charge in [-0.1, -0.05) is 0 Å². The zero-order valence-electron chi connectivity index (χ0n) is 11.2. The quantitative estimate of drug-likeness (QED) is 0.378. The van der Waals surface area contributed by atoms with E-state index >= 15 is 0 Å². The molecule has 0 heterocycles. The maximum absolute atomic E-state index is 13.1. The molecule has 22 heavy (non-hydrogen) atoms. The topological polar surface area (TPSA) is 60.4 Å². The predicted octanol–water partition coefficient (Wildman–Crippen LogP) is 2.93. The van der Waals surface area contributed by atoms with Gasteiger partial charge in [0.25, 0.3) is 0 Å². The summed E-state index contributed by atoms with van der Waals surface area (Å²) in [5, 5.41) is -5.26. The number of rotatable bonds is 8. The first-order valence-electron chi connectivity index (χ1n) is 5.78. The van der Waals surface area contributed by atoms with Gasteiger partial charge in [0.15, 0.2) is 0 Å². The molecule has 0 saturated heterocycles. The molecular formula is C10H13F7O4S. The van der Waals surface area contributed by atoms with Gasteiger partial charge in [0, 0.05) is 12.7 Å². The second kappa shape index (κ2) is 7.01. The number of sulfone groups is 1. The van der Waals surface area contributed by atoms with Crippen molar-refractivity contribution in [3.8, 4) is 0 Å². The van der Waals surface area contributed by atoms with Crippen molar-refractivity contribution in [2.24, 2.45) is 0 Å². The van der Waals surface area contributed by atoms with Crippen molar-refractivity contribution >= 4 is 15.8 Å². The molecule has 0 aromatic heterocycles. The summed E-state index contributed by atoms with van der Waals surface area (Å²) in [5.74, 6) is -6.46. The number of hydrogen-bond donors (Lipinski definition) is 0. The molecule has 0 aromatic carbocycles. The van der Waals surface area contributed by atoms with Crippen LogP contribution in [0.5, 0.6) is 0 Å². The van der Waals surface area contributed by atoms with E-state index in [9.17, 15) is 43.9 Å². The second-order valence-electron chi connectivity index (χ2n) is 4.46. The number of hydrogen-bond acceptors (Lipinski definition) is 4. The minimum Gasteiger partial charge on any atom is -0.465 e. The van der Waals surface area contributed by atoms with E-state index in [2.05, 4.69) is 4.74 Å². The summed E-state index contributed by atoms with van der Waals surface area (Å²) in [6.45, 7) is -0.671. The van der Waals surface area contributed by atoms with E-state index in [4.69, 9.17) is 0 Å². The molecule has 0 saturated carbocycles. The van der Waals surface area contributed by atoms with Crippen molar-refractivity contribution in [3.63, 3.8) is 0 Å². The number of ether oxygens (including phenoxy) is 1. The maximum atomic E-state index is 13.1. The van der Waals surface area contributed by atoms with Crippen molar-refractivity contribution in [2.45, 2.75) is 43.0 Å². The zero-order chi connectivity index (χ0) is 17.8. The SMILES string of the molecule is CS(=O)(=O)C(F)(F)C(F)(F)CCCCOC(=O)CC(F)(F)F. The summed E-state index contributed by atoms with van der Waals surface area (Å²) in [7, 11) is -5.33. The lowest BCUT2D eigenvalue weighted by molar-refractivity contribution is -0.171. The summed E-state index contributed by atoms with van der Waals surface area (Å²) in [6, 6.07) is 0. The van der Waals surface area contributed by atoms with Gasteiger partial charge in [-0.15, -0.1) is 0 Å². The van der Waals surface area contributed by atoms with Gasteiger partial charge in [-0.25, -0.2) is 8.42 Å². The number of carbonyl (C=O) groups excluding carboxylic acids is 1. The van der Waals surface area contributed by atoms with E-state index in [-0.39, 0.29) is 6.26 Å². The van der Waals surface area contributed by atoms with E-state index in [0.717, 1.165) is 0 Å². The number of unbranched alkanes of at least 4 members (excludes halogenated alkanes) is 1. The Morgan fingerprint density at radius 2 is 1.50 bits per heavy atom. The normalized spacial score (nSPS) is 14.0. The highest BCUT2D eigenvalue weighted by molar-refractivity contribution is 7.91. The first kappa shape index (κ1) is 20.9. The summed E-state index contributed by atoms with van der Waals surface area (Å²) in [6.07, 6.45) is -9.28. The van der Waals surface area contributed by atoms with Crippen molar-refractivity contribution < 1.29 is 48.7 Å². The van der Waals surface area contributed by atoms with Gasteiger partial charge >= 0.3 is 23.3 Å². The summed E-state index contributed by atoms with van der Waals surface area (Å²) in [5.41, 5.74) is 0. The van der Waals surface area contributed by atoms with E-state index in [1.165, 1.54) is 0 Å². The van der Waals surface area contributed by atoms with Crippen LogP contribution in [0, 0.1) is 0 Å². The average Bonchev–Trinajstić information content (AvgIpc) is 2.23. The lowest BCUT2D eigenvalue weighted by Crippen LogP contribution is -2.46. The Morgan fingerprint density at radius 1 is 1.00 bits per heavy atom. The van der Waals surface area contributed by atoms with Crippen LogP contribution >= 0.6 is 0 Å². The van der Waals surface area contributed by atoms with Crippen LogP contribution < -0.4 is 0 Å². The Bertz CT molecular complexity index is 484. The average molecular weight is 362 g/mol. The second-order valence-corrected chi connectivity index (χ2v) is 6.52. The van der Waals surface area contributed by atoms with Crippen LogP contribution in [-0.4, -0.2) is 44.6 Å². The molecule has 132 valence electrons. The Kier molecular flexibility index (Phi) is 6.66. The van der Waals surface area contributed by atoms with Gasteiger partial charge in [0.1, 0.15) is 6.42 Å². The van der Waals surface area contributed by atoms with Gasteiger partial charge in [-0.05, 0) is 12.8 Å². The van der Waals surface area contributed by atoms with Crippen LogP contribution in [0.1, 0.15) is 25.7 Å². The van der Waals surface area contributed by atoms with Crippen LogP contribution in [0.3, 0.4) is 0 Å². The molecule has 0 aliphatic rings. The third-order valence-corrected chi connectivity index (χ3v) is 3.61. The van der Waals surface area contributed by atoms with Crippen LogP contribution in [0.4, 0.5) is 30.7 Å². The van der Waals surface area contributed by atoms with E-state index in [0.29, 0.717) is 0 Å². The molecule has 12 heteroatoms. The minimum atomic E-state index is -5.33. The monoisotopic (exact) mass is 362 g/mol. The Hall–Kier alpha value is -1.07. The first-order chi connectivity index (χ1) is 9.60. The number of carbonyl (C=O) groups is 1. The molecule has 0 aliphatic heterocycles. The van der Waals surface area contributed by atoms with E-state index in [1.807, 2.05) is 0 Å². The number of esters is 1. The van der Waals surface area contributed by atoms with Crippen molar-refractivity contribution in [2.75, 3.05) is 12.9 Å². The molecule has 0 amide bonds. The molecule has 0 unspecified atom stereocenters. The molecular weight excluding hydrogens is 349 g/mol. The standard InChI is InChI=1S/C10H13F7O4S/c1-22(19,20)10(16,17)8(11,12)4-2-3-5-21-7(18)6-9(13,14)15/h2-6H2,1H3. The van der Waals surface area contributed by atoms with Gasteiger partial charge < -0.3 is 4.74 Å². The van der Waals surface area contributed by atoms with Crippen LogP contribution in [-0.2, 0) is 19.4 Å². The van der Waals surface area contributed by atoms with Crippen molar-refractivity contribution in [3.05, 3.63) is 0 Å². The molecule has 0 bridgehead atoms. The Labute approximate surface area is 121 Å². The molecule has 0 N–H and O–H groups in total. The van der Waals surface area contributed by atoms with Gasteiger partial charge in [0.05, 0.1) is 6.61 Å². The third kappa shape index (κ3) is 6.36. The highest BCUT2D eigenvalue weighted by Crippen LogP contribution is 2.41. The van der Waals surface area contributed by atoms with Gasteiger partial charge in [-0.2, -0.15) is 30.7 Å².